The third kappa shape index (κ3) is 3.53. The summed E-state index contributed by atoms with van der Waals surface area (Å²) in [5.41, 5.74) is 11.2. The smallest absolute Gasteiger partial charge is 0.233 e. The van der Waals surface area contributed by atoms with Gasteiger partial charge in [0.15, 0.2) is 5.16 Å². The minimum absolute atomic E-state index is 0.124. The molecular weight excluding hydrogens is 274 g/mol. The summed E-state index contributed by atoms with van der Waals surface area (Å²) < 4.78 is 0. The second kappa shape index (κ2) is 6.30. The maximum absolute atomic E-state index is 12.3. The zero-order chi connectivity index (χ0) is 14.7. The molecule has 0 aromatic carbocycles. The quantitative estimate of drug-likeness (QED) is 0.648. The van der Waals surface area contributed by atoms with E-state index in [2.05, 4.69) is 23.8 Å². The van der Waals surface area contributed by atoms with Gasteiger partial charge in [0.1, 0.15) is 11.6 Å². The molecule has 0 aliphatic carbocycles. The zero-order valence-corrected chi connectivity index (χ0v) is 12.7. The number of hydrogen-bond acceptors (Lipinski definition) is 6. The van der Waals surface area contributed by atoms with Gasteiger partial charge < -0.3 is 16.4 Å². The van der Waals surface area contributed by atoms with Crippen molar-refractivity contribution >= 4 is 29.3 Å². The van der Waals surface area contributed by atoms with E-state index in [1.807, 2.05) is 4.90 Å². The SMILES string of the molecule is C[C@@H]1CCC[C@H](C)N1C(=O)CSc1nc(N)cc(N)n1. The van der Waals surface area contributed by atoms with Gasteiger partial charge in [0, 0.05) is 18.2 Å². The summed E-state index contributed by atoms with van der Waals surface area (Å²) in [5.74, 6) is 1.09. The number of hydrogen-bond donors (Lipinski definition) is 2. The molecule has 2 heterocycles. The number of nitrogens with two attached hydrogens (primary N) is 2. The van der Waals surface area contributed by atoms with Crippen molar-refractivity contribution in [2.24, 2.45) is 0 Å². The molecule has 1 saturated heterocycles. The first-order valence-electron chi connectivity index (χ1n) is 6.81. The largest absolute Gasteiger partial charge is 0.383 e. The van der Waals surface area contributed by atoms with Crippen LogP contribution in [-0.2, 0) is 4.79 Å². The van der Waals surface area contributed by atoms with Crippen LogP contribution in [0.1, 0.15) is 33.1 Å². The van der Waals surface area contributed by atoms with Gasteiger partial charge in [0.2, 0.25) is 5.91 Å². The molecule has 20 heavy (non-hydrogen) atoms. The standard InChI is InChI=1S/C13H21N5OS/c1-8-4-3-5-9(2)18(8)12(19)7-20-13-16-10(14)6-11(15)17-13/h6,8-9H,3-5,7H2,1-2H3,(H4,14,15,16,17)/t8-,9+. The molecule has 1 amide bonds. The average molecular weight is 295 g/mol. The lowest BCUT2D eigenvalue weighted by atomic mass is 9.98. The molecule has 2 rings (SSSR count). The molecule has 7 heteroatoms. The second-order valence-electron chi connectivity index (χ2n) is 5.22. The number of nitrogens with zero attached hydrogens (tertiary/aromatic N) is 3. The predicted molar refractivity (Wildman–Crippen MR) is 81.2 cm³/mol. The van der Waals surface area contributed by atoms with Crippen LogP contribution in [0.3, 0.4) is 0 Å². The monoisotopic (exact) mass is 295 g/mol. The summed E-state index contributed by atoms with van der Waals surface area (Å²) in [6.07, 6.45) is 3.33. The van der Waals surface area contributed by atoms with Crippen LogP contribution in [0.4, 0.5) is 11.6 Å². The van der Waals surface area contributed by atoms with Crippen molar-refractivity contribution in [3.05, 3.63) is 6.07 Å². The Morgan fingerprint density at radius 3 is 2.40 bits per heavy atom. The Hall–Kier alpha value is -1.50. The lowest BCUT2D eigenvalue weighted by Crippen LogP contribution is -2.48. The van der Waals surface area contributed by atoms with E-state index >= 15 is 0 Å². The molecule has 1 aromatic rings. The van der Waals surface area contributed by atoms with Gasteiger partial charge in [-0.2, -0.15) is 0 Å². The normalized spacial score (nSPS) is 22.8. The van der Waals surface area contributed by atoms with Gasteiger partial charge in [0.05, 0.1) is 5.75 Å². The van der Waals surface area contributed by atoms with E-state index in [1.54, 1.807) is 0 Å². The minimum Gasteiger partial charge on any atom is -0.383 e. The molecule has 1 fully saturated rings. The molecule has 6 nitrogen and oxygen atoms in total. The van der Waals surface area contributed by atoms with Crippen LogP contribution in [0, 0.1) is 0 Å². The molecule has 1 aliphatic heterocycles. The Bertz CT molecular complexity index is 465. The van der Waals surface area contributed by atoms with Crippen LogP contribution in [0.2, 0.25) is 0 Å². The summed E-state index contributed by atoms with van der Waals surface area (Å²) in [7, 11) is 0. The number of carbonyl (C=O) groups is 1. The molecule has 0 radical (unpaired) electrons. The van der Waals surface area contributed by atoms with Crippen molar-refractivity contribution in [2.45, 2.75) is 50.4 Å². The van der Waals surface area contributed by atoms with Crippen molar-refractivity contribution in [3.8, 4) is 0 Å². The second-order valence-corrected chi connectivity index (χ2v) is 6.16. The first-order chi connectivity index (χ1) is 9.47. The third-order valence-corrected chi connectivity index (χ3v) is 4.38. The van der Waals surface area contributed by atoms with Crippen LogP contribution in [-0.4, -0.2) is 38.6 Å². The van der Waals surface area contributed by atoms with Crippen molar-refractivity contribution in [3.63, 3.8) is 0 Å². The highest BCUT2D eigenvalue weighted by atomic mass is 32.2. The molecule has 1 aliphatic rings. The highest BCUT2D eigenvalue weighted by Gasteiger charge is 2.28. The van der Waals surface area contributed by atoms with Gasteiger partial charge in [-0.05, 0) is 33.1 Å². The average Bonchev–Trinajstić information content (AvgIpc) is 2.35. The summed E-state index contributed by atoms with van der Waals surface area (Å²) in [6.45, 7) is 4.21. The maximum Gasteiger partial charge on any atom is 0.233 e. The minimum atomic E-state index is 0.124. The zero-order valence-electron chi connectivity index (χ0n) is 11.9. The fourth-order valence-electron chi connectivity index (χ4n) is 2.64. The molecule has 1 aromatic heterocycles. The first-order valence-corrected chi connectivity index (χ1v) is 7.80. The van der Waals surface area contributed by atoms with Gasteiger partial charge in [-0.25, -0.2) is 9.97 Å². The number of rotatable bonds is 3. The molecule has 110 valence electrons. The van der Waals surface area contributed by atoms with E-state index in [-0.39, 0.29) is 5.91 Å². The number of amides is 1. The van der Waals surface area contributed by atoms with Crippen LogP contribution in [0.25, 0.3) is 0 Å². The fraction of sp³-hybridized carbons (Fsp3) is 0.615. The summed E-state index contributed by atoms with van der Waals surface area (Å²) in [4.78, 5) is 22.5. The van der Waals surface area contributed by atoms with Gasteiger partial charge in [-0.15, -0.1) is 0 Å². The third-order valence-electron chi connectivity index (χ3n) is 3.55. The van der Waals surface area contributed by atoms with Gasteiger partial charge >= 0.3 is 0 Å². The van der Waals surface area contributed by atoms with Gasteiger partial charge in [0.25, 0.3) is 0 Å². The van der Waals surface area contributed by atoms with E-state index in [9.17, 15) is 4.79 Å². The number of thioether (sulfide) groups is 1. The number of likely N-dealkylation sites (tertiary alicyclic amines) is 1. The molecule has 0 bridgehead atoms. The first kappa shape index (κ1) is 14.9. The Morgan fingerprint density at radius 1 is 1.30 bits per heavy atom. The van der Waals surface area contributed by atoms with E-state index < -0.39 is 0 Å². The van der Waals surface area contributed by atoms with Gasteiger partial charge in [-0.1, -0.05) is 11.8 Å². The Labute approximate surface area is 123 Å². The molecular formula is C13H21N5OS. The van der Waals surface area contributed by atoms with Crippen molar-refractivity contribution in [1.29, 1.82) is 0 Å². The van der Waals surface area contributed by atoms with Gasteiger partial charge in [-0.3, -0.25) is 4.79 Å². The van der Waals surface area contributed by atoms with Crippen LogP contribution >= 0.6 is 11.8 Å². The summed E-state index contributed by atoms with van der Waals surface area (Å²) in [5, 5.41) is 0.452. The number of anilines is 2. The van der Waals surface area contributed by atoms with Crippen molar-refractivity contribution in [2.75, 3.05) is 17.2 Å². The van der Waals surface area contributed by atoms with Crippen LogP contribution in [0.5, 0.6) is 0 Å². The predicted octanol–water partition coefficient (Wildman–Crippen LogP) is 1.52. The number of carbonyl (C=O) groups excluding carboxylic acids is 1. The Balaban J connectivity index is 1.97. The summed E-state index contributed by atoms with van der Waals surface area (Å²) in [6, 6.07) is 2.11. The maximum atomic E-state index is 12.3. The van der Waals surface area contributed by atoms with Crippen molar-refractivity contribution < 1.29 is 4.79 Å². The Morgan fingerprint density at radius 2 is 1.85 bits per heavy atom. The molecule has 0 spiro atoms. The Kier molecular flexibility index (Phi) is 4.69. The topological polar surface area (TPSA) is 98.1 Å². The van der Waals surface area contributed by atoms with Crippen LogP contribution < -0.4 is 11.5 Å². The van der Waals surface area contributed by atoms with E-state index in [0.717, 1.165) is 12.8 Å². The number of aromatic nitrogens is 2. The lowest BCUT2D eigenvalue weighted by Gasteiger charge is -2.39. The van der Waals surface area contributed by atoms with Crippen molar-refractivity contribution in [1.82, 2.24) is 14.9 Å². The van der Waals surface area contributed by atoms with E-state index in [1.165, 1.54) is 24.2 Å². The highest BCUT2D eigenvalue weighted by molar-refractivity contribution is 7.99. The molecule has 0 unspecified atom stereocenters. The fourth-order valence-corrected chi connectivity index (χ4v) is 3.38. The van der Waals surface area contributed by atoms with Crippen LogP contribution in [0.15, 0.2) is 11.2 Å². The molecule has 2 atom stereocenters. The highest BCUT2D eigenvalue weighted by Crippen LogP contribution is 2.24. The number of nitrogen functional groups attached to an aromatic ring is 2. The van der Waals surface area contributed by atoms with E-state index in [0.29, 0.717) is 34.6 Å². The summed E-state index contributed by atoms with van der Waals surface area (Å²) >= 11 is 1.28. The molecule has 0 saturated carbocycles. The molecule has 4 N–H and O–H groups in total. The lowest BCUT2D eigenvalue weighted by molar-refractivity contribution is -0.134. The number of piperidine rings is 1. The van der Waals surface area contributed by atoms with E-state index in [4.69, 9.17) is 11.5 Å².